The van der Waals surface area contributed by atoms with E-state index in [0.29, 0.717) is 0 Å². The second kappa shape index (κ2) is 6.04. The van der Waals surface area contributed by atoms with E-state index in [0.717, 1.165) is 37.2 Å². The number of hydrogen-bond acceptors (Lipinski definition) is 4. The molecule has 2 aromatic carbocycles. The van der Waals surface area contributed by atoms with Gasteiger partial charge in [0.15, 0.2) is 0 Å². The lowest BCUT2D eigenvalue weighted by Gasteiger charge is -2.38. The summed E-state index contributed by atoms with van der Waals surface area (Å²) in [5.41, 5.74) is 4.13. The molecule has 1 aromatic heterocycles. The van der Waals surface area contributed by atoms with Crippen LogP contribution >= 0.6 is 0 Å². The maximum atomic E-state index is 11.4. The predicted octanol–water partition coefficient (Wildman–Crippen LogP) is 2.53. The Morgan fingerprint density at radius 3 is 2.54 bits per heavy atom. The molecule has 0 bridgehead atoms. The van der Waals surface area contributed by atoms with Crippen LogP contribution in [0.4, 0.5) is 0 Å². The summed E-state index contributed by atoms with van der Waals surface area (Å²) in [5.74, 6) is 0. The van der Waals surface area contributed by atoms with Crippen molar-refractivity contribution in [2.45, 2.75) is 30.4 Å². The quantitative estimate of drug-likeness (QED) is 0.748. The van der Waals surface area contributed by atoms with Crippen molar-refractivity contribution in [2.24, 2.45) is 0 Å². The Labute approximate surface area is 152 Å². The Bertz CT molecular complexity index is 915. The van der Waals surface area contributed by atoms with Gasteiger partial charge in [-0.2, -0.15) is 0 Å². The molecule has 0 amide bonds. The lowest BCUT2D eigenvalue weighted by molar-refractivity contribution is 0.0421. The molecule has 1 saturated heterocycles. The van der Waals surface area contributed by atoms with Crippen LogP contribution < -0.4 is 5.32 Å². The molecular formula is C21H22N4O. The zero-order valence-electron chi connectivity index (χ0n) is 14.5. The summed E-state index contributed by atoms with van der Waals surface area (Å²) in [6.07, 6.45) is 3.36. The Kier molecular flexibility index (Phi) is 3.65. The summed E-state index contributed by atoms with van der Waals surface area (Å²) >= 11 is 0. The first-order valence-electron chi connectivity index (χ1n) is 9.25. The Hall–Kier alpha value is -2.50. The van der Waals surface area contributed by atoms with Gasteiger partial charge in [0, 0.05) is 11.0 Å². The molecule has 1 fully saturated rings. The van der Waals surface area contributed by atoms with Crippen molar-refractivity contribution in [3.05, 3.63) is 71.9 Å². The normalized spacial score (nSPS) is 23.9. The van der Waals surface area contributed by atoms with Gasteiger partial charge in [0.25, 0.3) is 0 Å². The van der Waals surface area contributed by atoms with Gasteiger partial charge in [0.05, 0.1) is 12.3 Å². The minimum Gasteiger partial charge on any atom is -0.390 e. The molecule has 3 aromatic rings. The minimum atomic E-state index is -0.493. The van der Waals surface area contributed by atoms with Gasteiger partial charge in [-0.15, -0.1) is 5.10 Å². The number of nitrogens with one attached hydrogen (secondary N) is 1. The van der Waals surface area contributed by atoms with E-state index in [4.69, 9.17) is 0 Å². The molecule has 0 radical (unpaired) electrons. The van der Waals surface area contributed by atoms with E-state index in [1.165, 1.54) is 11.1 Å². The van der Waals surface area contributed by atoms with Crippen molar-refractivity contribution < 1.29 is 5.11 Å². The molecule has 2 aliphatic rings. The Balaban J connectivity index is 1.59. The molecule has 5 rings (SSSR count). The van der Waals surface area contributed by atoms with Crippen molar-refractivity contribution in [1.82, 2.24) is 20.3 Å². The van der Waals surface area contributed by atoms with Crippen LogP contribution in [0.5, 0.6) is 0 Å². The molecule has 0 saturated carbocycles. The highest BCUT2D eigenvalue weighted by Crippen LogP contribution is 2.51. The number of fused-ring (bicyclic) bond motifs is 2. The smallest absolute Gasteiger partial charge is 0.113 e. The monoisotopic (exact) mass is 346 g/mol. The summed E-state index contributed by atoms with van der Waals surface area (Å²) in [7, 11) is 0. The molecule has 5 nitrogen and oxygen atoms in total. The number of piperidine rings is 1. The van der Waals surface area contributed by atoms with E-state index >= 15 is 0 Å². The average molecular weight is 346 g/mol. The lowest BCUT2D eigenvalue weighted by atomic mass is 9.72. The average Bonchev–Trinajstić information content (AvgIpc) is 3.27. The van der Waals surface area contributed by atoms with Crippen molar-refractivity contribution in [3.8, 4) is 11.3 Å². The van der Waals surface area contributed by atoms with E-state index in [1.807, 2.05) is 47.3 Å². The van der Waals surface area contributed by atoms with Crippen LogP contribution in [-0.4, -0.2) is 39.3 Å². The van der Waals surface area contributed by atoms with Crippen LogP contribution in [0.3, 0.4) is 0 Å². The fourth-order valence-electron chi connectivity index (χ4n) is 4.72. The van der Waals surface area contributed by atoms with Gasteiger partial charge in [-0.1, -0.05) is 59.8 Å². The first-order chi connectivity index (χ1) is 12.8. The van der Waals surface area contributed by atoms with Crippen LogP contribution in [0.2, 0.25) is 0 Å². The molecule has 2 atom stereocenters. The number of aliphatic hydroxyl groups is 1. The topological polar surface area (TPSA) is 63.0 Å². The second-order valence-electron chi connectivity index (χ2n) is 7.33. The van der Waals surface area contributed by atoms with Crippen LogP contribution in [-0.2, 0) is 5.41 Å². The number of aliphatic hydroxyl groups excluding tert-OH is 1. The molecule has 132 valence electrons. The number of rotatable bonds is 2. The highest BCUT2D eigenvalue weighted by molar-refractivity contribution is 5.57. The number of aromatic nitrogens is 3. The van der Waals surface area contributed by atoms with Gasteiger partial charge in [0.1, 0.15) is 11.7 Å². The second-order valence-corrected chi connectivity index (χ2v) is 7.33. The first-order valence-corrected chi connectivity index (χ1v) is 9.25. The third-order valence-corrected chi connectivity index (χ3v) is 6.04. The van der Waals surface area contributed by atoms with Crippen molar-refractivity contribution in [3.63, 3.8) is 0 Å². The van der Waals surface area contributed by atoms with Gasteiger partial charge in [-0.05, 0) is 37.1 Å². The highest BCUT2D eigenvalue weighted by Gasteiger charge is 2.52. The molecule has 1 aliphatic heterocycles. The standard InChI is InChI=1S/C21H22N4O/c26-20-19(25-14-18(23-24-25)15-6-2-1-3-7-15)16-8-4-5-9-17(16)21(20)10-12-22-13-11-21/h1-9,14,19-20,22,26H,10-13H2/t19-,20+/m1/s1. The number of hydrogen-bond donors (Lipinski definition) is 2. The largest absolute Gasteiger partial charge is 0.390 e. The van der Waals surface area contributed by atoms with Crippen LogP contribution in [0.15, 0.2) is 60.8 Å². The van der Waals surface area contributed by atoms with E-state index in [2.05, 4.69) is 33.8 Å². The minimum absolute atomic E-state index is 0.186. The van der Waals surface area contributed by atoms with E-state index in [-0.39, 0.29) is 11.5 Å². The fraction of sp³-hybridized carbons (Fsp3) is 0.333. The van der Waals surface area contributed by atoms with Gasteiger partial charge in [-0.25, -0.2) is 4.68 Å². The molecule has 2 N–H and O–H groups in total. The predicted molar refractivity (Wildman–Crippen MR) is 99.8 cm³/mol. The van der Waals surface area contributed by atoms with Crippen LogP contribution in [0, 0.1) is 0 Å². The van der Waals surface area contributed by atoms with E-state index in [9.17, 15) is 5.11 Å². The number of nitrogens with zero attached hydrogens (tertiary/aromatic N) is 3. The van der Waals surface area contributed by atoms with Gasteiger partial charge in [0.2, 0.25) is 0 Å². The summed E-state index contributed by atoms with van der Waals surface area (Å²) in [6.45, 7) is 1.87. The Morgan fingerprint density at radius 1 is 1.00 bits per heavy atom. The third-order valence-electron chi connectivity index (χ3n) is 6.04. The SMILES string of the molecule is O[C@H]1[C@H](n2cc(-c3ccccc3)nn2)c2ccccc2C12CCNCC2. The molecule has 5 heteroatoms. The third kappa shape index (κ3) is 2.24. The van der Waals surface area contributed by atoms with Crippen molar-refractivity contribution >= 4 is 0 Å². The van der Waals surface area contributed by atoms with Gasteiger partial charge >= 0.3 is 0 Å². The summed E-state index contributed by atoms with van der Waals surface area (Å²) in [4.78, 5) is 0. The summed E-state index contributed by atoms with van der Waals surface area (Å²) in [5, 5.41) is 23.6. The van der Waals surface area contributed by atoms with Gasteiger partial charge in [-0.3, -0.25) is 0 Å². The zero-order valence-corrected chi connectivity index (χ0v) is 14.5. The molecular weight excluding hydrogens is 324 g/mol. The maximum absolute atomic E-state index is 11.4. The fourth-order valence-corrected chi connectivity index (χ4v) is 4.72. The molecule has 1 aliphatic carbocycles. The molecule has 2 heterocycles. The lowest BCUT2D eigenvalue weighted by Crippen LogP contribution is -2.47. The highest BCUT2D eigenvalue weighted by atomic mass is 16.3. The maximum Gasteiger partial charge on any atom is 0.113 e. The van der Waals surface area contributed by atoms with Crippen molar-refractivity contribution in [1.29, 1.82) is 0 Å². The Morgan fingerprint density at radius 2 is 1.73 bits per heavy atom. The van der Waals surface area contributed by atoms with E-state index in [1.54, 1.807) is 0 Å². The van der Waals surface area contributed by atoms with Crippen molar-refractivity contribution in [2.75, 3.05) is 13.1 Å². The van der Waals surface area contributed by atoms with Crippen LogP contribution in [0.1, 0.15) is 30.0 Å². The molecule has 1 spiro atoms. The van der Waals surface area contributed by atoms with Crippen LogP contribution in [0.25, 0.3) is 11.3 Å². The first kappa shape index (κ1) is 15.7. The van der Waals surface area contributed by atoms with Gasteiger partial charge < -0.3 is 10.4 Å². The summed E-state index contributed by atoms with van der Waals surface area (Å²) in [6, 6.07) is 18.3. The molecule has 26 heavy (non-hydrogen) atoms. The number of benzene rings is 2. The van der Waals surface area contributed by atoms with E-state index < -0.39 is 6.10 Å². The summed E-state index contributed by atoms with van der Waals surface area (Å²) < 4.78 is 1.85. The zero-order chi connectivity index (χ0) is 17.6. The molecule has 0 unspecified atom stereocenters.